The van der Waals surface area contributed by atoms with Crippen LogP contribution in [0.3, 0.4) is 0 Å². The summed E-state index contributed by atoms with van der Waals surface area (Å²) in [4.78, 5) is 0. The van der Waals surface area contributed by atoms with E-state index in [1.54, 1.807) is 7.11 Å². The Morgan fingerprint density at radius 3 is 1.91 bits per heavy atom. The van der Waals surface area contributed by atoms with Crippen molar-refractivity contribution in [1.82, 2.24) is 0 Å². The first kappa shape index (κ1) is 13.4. The fourth-order valence-corrected chi connectivity index (χ4v) is 0.220. The molecule has 0 amide bonds. The van der Waals surface area contributed by atoms with Crippen LogP contribution < -0.4 is 0 Å². The number of methoxy groups -OCH3 is 1. The summed E-state index contributed by atoms with van der Waals surface area (Å²) in [7, 11) is 1.55. The van der Waals surface area contributed by atoms with Gasteiger partial charge in [-0.15, -0.1) is 0 Å². The van der Waals surface area contributed by atoms with Crippen LogP contribution in [-0.4, -0.2) is 48.4 Å². The quantitative estimate of drug-likeness (QED) is 0.520. The minimum absolute atomic E-state index is 0.115. The zero-order valence-corrected chi connectivity index (χ0v) is 7.16. The summed E-state index contributed by atoms with van der Waals surface area (Å²) < 4.78 is 4.44. The van der Waals surface area contributed by atoms with Gasteiger partial charge in [0.05, 0.1) is 25.9 Å². The summed E-state index contributed by atoms with van der Waals surface area (Å²) in [6.07, 6.45) is 0.126. The van der Waals surface area contributed by atoms with E-state index in [2.05, 4.69) is 4.74 Å². The molecule has 4 heteroatoms. The minimum atomic E-state index is -0.509. The predicted octanol–water partition coefficient (Wildman–Crippen LogP) is -0.625. The van der Waals surface area contributed by atoms with Crippen molar-refractivity contribution >= 4 is 0 Å². The van der Waals surface area contributed by atoms with Gasteiger partial charge in [0, 0.05) is 7.11 Å². The Hall–Kier alpha value is -0.160. The molecular formula is C7H18O4. The second-order valence-electron chi connectivity index (χ2n) is 1.96. The number of ether oxygens (including phenoxy) is 1. The Labute approximate surface area is 67.4 Å². The van der Waals surface area contributed by atoms with Gasteiger partial charge in [-0.1, -0.05) is 6.92 Å². The zero-order chi connectivity index (χ0) is 9.11. The van der Waals surface area contributed by atoms with Crippen LogP contribution in [0.25, 0.3) is 0 Å². The molecule has 70 valence electrons. The normalized spacial score (nSPS) is 11.7. The average Bonchev–Trinajstić information content (AvgIpc) is 2.06. The molecule has 0 heterocycles. The molecule has 0 fully saturated rings. The molecule has 0 saturated carbocycles. The summed E-state index contributed by atoms with van der Waals surface area (Å²) in [6, 6.07) is 0. The monoisotopic (exact) mass is 166 g/mol. The molecule has 3 N–H and O–H groups in total. The number of hydrogen-bond donors (Lipinski definition) is 3. The van der Waals surface area contributed by atoms with E-state index in [1.807, 2.05) is 6.92 Å². The van der Waals surface area contributed by atoms with Gasteiger partial charge in [0.2, 0.25) is 0 Å². The Kier molecular flexibility index (Phi) is 15.3. The Balaban J connectivity index is 0. The predicted molar refractivity (Wildman–Crippen MR) is 42.3 cm³/mol. The highest BCUT2D eigenvalue weighted by atomic mass is 16.5. The van der Waals surface area contributed by atoms with Gasteiger partial charge in [-0.2, -0.15) is 0 Å². The molecule has 0 aliphatic rings. The van der Waals surface area contributed by atoms with Gasteiger partial charge < -0.3 is 20.1 Å². The summed E-state index contributed by atoms with van der Waals surface area (Å²) in [5.41, 5.74) is 0. The fourth-order valence-electron chi connectivity index (χ4n) is 0.220. The maximum absolute atomic E-state index is 8.42. The van der Waals surface area contributed by atoms with E-state index in [1.165, 1.54) is 0 Å². The van der Waals surface area contributed by atoms with Crippen molar-refractivity contribution in [2.45, 2.75) is 19.4 Å². The van der Waals surface area contributed by atoms with Crippen molar-refractivity contribution < 1.29 is 20.1 Å². The number of aliphatic hydroxyl groups is 3. The molecule has 0 spiro atoms. The Morgan fingerprint density at radius 1 is 1.36 bits per heavy atom. The highest BCUT2D eigenvalue weighted by Crippen LogP contribution is 1.83. The topological polar surface area (TPSA) is 69.9 Å². The van der Waals surface area contributed by atoms with Crippen molar-refractivity contribution in [3.05, 3.63) is 0 Å². The van der Waals surface area contributed by atoms with Gasteiger partial charge in [0.15, 0.2) is 0 Å². The van der Waals surface area contributed by atoms with E-state index in [0.717, 1.165) is 0 Å². The highest BCUT2D eigenvalue weighted by molar-refractivity contribution is 4.43. The summed E-state index contributed by atoms with van der Waals surface area (Å²) >= 11 is 0. The maximum Gasteiger partial charge on any atom is 0.0768 e. The first-order valence-corrected chi connectivity index (χ1v) is 3.61. The smallest absolute Gasteiger partial charge is 0.0768 e. The molecule has 0 aliphatic carbocycles. The van der Waals surface area contributed by atoms with Crippen LogP contribution in [0.2, 0.25) is 0 Å². The van der Waals surface area contributed by atoms with Crippen molar-refractivity contribution in [3.63, 3.8) is 0 Å². The standard InChI is InChI=1S/C4H10O2.C3H8O2/c1-2-4(6)3-5;1-5-3-2-4/h4-6H,2-3H2,1H3;4H,2-3H2,1H3. The first-order valence-electron chi connectivity index (χ1n) is 3.61. The lowest BCUT2D eigenvalue weighted by molar-refractivity contribution is 0.0923. The molecule has 1 unspecified atom stereocenters. The van der Waals surface area contributed by atoms with Crippen LogP contribution >= 0.6 is 0 Å². The lowest BCUT2D eigenvalue weighted by Crippen LogP contribution is -2.08. The summed E-state index contributed by atoms with van der Waals surface area (Å²) in [5.74, 6) is 0. The number of aliphatic hydroxyl groups excluding tert-OH is 3. The Bertz CT molecular complexity index is 52.4. The van der Waals surface area contributed by atoms with Gasteiger partial charge in [-0.05, 0) is 6.42 Å². The fraction of sp³-hybridized carbons (Fsp3) is 1.00. The third-order valence-corrected chi connectivity index (χ3v) is 0.977. The molecule has 0 aliphatic heterocycles. The van der Waals surface area contributed by atoms with Crippen molar-refractivity contribution in [2.24, 2.45) is 0 Å². The second-order valence-corrected chi connectivity index (χ2v) is 1.96. The number of rotatable bonds is 4. The van der Waals surface area contributed by atoms with Crippen LogP contribution in [-0.2, 0) is 4.74 Å². The van der Waals surface area contributed by atoms with E-state index in [9.17, 15) is 0 Å². The van der Waals surface area contributed by atoms with Gasteiger partial charge in [-0.3, -0.25) is 0 Å². The van der Waals surface area contributed by atoms with E-state index >= 15 is 0 Å². The van der Waals surface area contributed by atoms with Gasteiger partial charge >= 0.3 is 0 Å². The summed E-state index contributed by atoms with van der Waals surface area (Å²) in [5, 5.41) is 24.4. The molecule has 0 aromatic rings. The molecule has 4 nitrogen and oxygen atoms in total. The molecule has 0 radical (unpaired) electrons. The van der Waals surface area contributed by atoms with Crippen LogP contribution in [0.5, 0.6) is 0 Å². The molecule has 0 saturated heterocycles. The SMILES string of the molecule is CCC(O)CO.COCCO. The van der Waals surface area contributed by atoms with Crippen LogP contribution in [0.15, 0.2) is 0 Å². The van der Waals surface area contributed by atoms with E-state index in [-0.39, 0.29) is 13.2 Å². The van der Waals surface area contributed by atoms with Crippen LogP contribution in [0, 0.1) is 0 Å². The van der Waals surface area contributed by atoms with Gasteiger partial charge in [0.25, 0.3) is 0 Å². The number of hydrogen-bond acceptors (Lipinski definition) is 4. The molecule has 0 bridgehead atoms. The van der Waals surface area contributed by atoms with Crippen molar-refractivity contribution in [2.75, 3.05) is 26.9 Å². The minimum Gasteiger partial charge on any atom is -0.394 e. The molecule has 11 heavy (non-hydrogen) atoms. The van der Waals surface area contributed by atoms with Crippen molar-refractivity contribution in [1.29, 1.82) is 0 Å². The van der Waals surface area contributed by atoms with E-state index in [4.69, 9.17) is 15.3 Å². The lowest BCUT2D eigenvalue weighted by Gasteiger charge is -1.97. The van der Waals surface area contributed by atoms with E-state index in [0.29, 0.717) is 13.0 Å². The van der Waals surface area contributed by atoms with Crippen molar-refractivity contribution in [3.8, 4) is 0 Å². The van der Waals surface area contributed by atoms with Crippen LogP contribution in [0.4, 0.5) is 0 Å². The molecule has 1 atom stereocenters. The molecule has 0 rings (SSSR count). The molecule has 0 aromatic carbocycles. The first-order chi connectivity index (χ1) is 5.22. The molecule has 0 aromatic heterocycles. The summed E-state index contributed by atoms with van der Waals surface area (Å²) in [6.45, 7) is 2.27. The second kappa shape index (κ2) is 12.5. The zero-order valence-electron chi connectivity index (χ0n) is 7.16. The Morgan fingerprint density at radius 2 is 1.91 bits per heavy atom. The lowest BCUT2D eigenvalue weighted by atomic mass is 10.3. The average molecular weight is 166 g/mol. The van der Waals surface area contributed by atoms with Gasteiger partial charge in [0.1, 0.15) is 0 Å². The third kappa shape index (κ3) is 17.7. The largest absolute Gasteiger partial charge is 0.394 e. The highest BCUT2D eigenvalue weighted by Gasteiger charge is 1.92. The van der Waals surface area contributed by atoms with Crippen LogP contribution in [0.1, 0.15) is 13.3 Å². The van der Waals surface area contributed by atoms with E-state index < -0.39 is 6.10 Å². The van der Waals surface area contributed by atoms with Gasteiger partial charge in [-0.25, -0.2) is 0 Å². The molecular weight excluding hydrogens is 148 g/mol. The third-order valence-electron chi connectivity index (χ3n) is 0.977. The maximum atomic E-state index is 8.42.